The van der Waals surface area contributed by atoms with Gasteiger partial charge in [0.1, 0.15) is 17.4 Å². The molecule has 2 aromatic carbocycles. The van der Waals surface area contributed by atoms with E-state index in [1.807, 2.05) is 12.1 Å². The summed E-state index contributed by atoms with van der Waals surface area (Å²) in [6.45, 7) is 0.363. The van der Waals surface area contributed by atoms with Gasteiger partial charge in [-0.25, -0.2) is 8.78 Å². The molecular formula is C14H11Br2F2NO. The van der Waals surface area contributed by atoms with E-state index in [2.05, 4.69) is 37.2 Å². The number of ether oxygens (including phenoxy) is 1. The average Bonchev–Trinajstić information content (AvgIpc) is 2.39. The Morgan fingerprint density at radius 3 is 2.35 bits per heavy atom. The zero-order chi connectivity index (χ0) is 14.7. The highest BCUT2D eigenvalue weighted by molar-refractivity contribution is 9.11. The lowest BCUT2D eigenvalue weighted by Crippen LogP contribution is -2.02. The second-order valence-corrected chi connectivity index (χ2v) is 5.78. The van der Waals surface area contributed by atoms with Gasteiger partial charge in [0, 0.05) is 6.54 Å². The molecule has 0 fully saturated rings. The molecule has 0 aliphatic rings. The summed E-state index contributed by atoms with van der Waals surface area (Å²) in [5.74, 6) is -0.283. The number of hydrogen-bond donors (Lipinski definition) is 1. The summed E-state index contributed by atoms with van der Waals surface area (Å²) in [7, 11) is 1.57. The van der Waals surface area contributed by atoms with E-state index in [0.29, 0.717) is 12.3 Å². The third kappa shape index (κ3) is 3.49. The van der Waals surface area contributed by atoms with Gasteiger partial charge in [-0.15, -0.1) is 0 Å². The van der Waals surface area contributed by atoms with Crippen LogP contribution >= 0.6 is 31.9 Å². The molecular weight excluding hydrogens is 396 g/mol. The highest BCUT2D eigenvalue weighted by atomic mass is 79.9. The standard InChI is InChI=1S/C14H11Br2F2NO/c1-20-14-10(15)4-8(5-11(14)16)7-19-13-6-9(17)2-3-12(13)18/h2-6,19H,7H2,1H3. The zero-order valence-corrected chi connectivity index (χ0v) is 13.7. The second-order valence-electron chi connectivity index (χ2n) is 4.07. The maximum atomic E-state index is 13.5. The first-order valence-corrected chi connectivity index (χ1v) is 7.30. The van der Waals surface area contributed by atoms with Gasteiger partial charge in [-0.05, 0) is 67.8 Å². The van der Waals surface area contributed by atoms with Crippen LogP contribution in [0.2, 0.25) is 0 Å². The predicted molar refractivity (Wildman–Crippen MR) is 82.1 cm³/mol. The minimum absolute atomic E-state index is 0.132. The highest BCUT2D eigenvalue weighted by Crippen LogP contribution is 2.34. The van der Waals surface area contributed by atoms with Crippen LogP contribution in [0.4, 0.5) is 14.5 Å². The maximum absolute atomic E-state index is 13.5. The van der Waals surface area contributed by atoms with Crippen molar-refractivity contribution in [2.45, 2.75) is 6.54 Å². The SMILES string of the molecule is COc1c(Br)cc(CNc2cc(F)ccc2F)cc1Br. The van der Waals surface area contributed by atoms with Crippen molar-refractivity contribution < 1.29 is 13.5 Å². The molecule has 0 spiro atoms. The number of nitrogens with one attached hydrogen (secondary N) is 1. The van der Waals surface area contributed by atoms with Gasteiger partial charge in [0.25, 0.3) is 0 Å². The number of anilines is 1. The average molecular weight is 407 g/mol. The van der Waals surface area contributed by atoms with Crippen molar-refractivity contribution in [2.24, 2.45) is 0 Å². The van der Waals surface area contributed by atoms with Crippen LogP contribution in [0.15, 0.2) is 39.3 Å². The third-order valence-corrected chi connectivity index (χ3v) is 3.85. The van der Waals surface area contributed by atoms with Gasteiger partial charge in [-0.2, -0.15) is 0 Å². The Bertz CT molecular complexity index is 612. The Balaban J connectivity index is 2.17. The fraction of sp³-hybridized carbons (Fsp3) is 0.143. The van der Waals surface area contributed by atoms with E-state index in [9.17, 15) is 8.78 Å². The topological polar surface area (TPSA) is 21.3 Å². The lowest BCUT2D eigenvalue weighted by molar-refractivity contribution is 0.409. The maximum Gasteiger partial charge on any atom is 0.147 e. The molecule has 6 heteroatoms. The first-order chi connectivity index (χ1) is 9.51. The molecule has 0 aliphatic carbocycles. The normalized spacial score (nSPS) is 10.4. The minimum atomic E-state index is -0.488. The van der Waals surface area contributed by atoms with Crippen LogP contribution in [0.25, 0.3) is 0 Å². The van der Waals surface area contributed by atoms with Crippen molar-refractivity contribution >= 4 is 37.5 Å². The molecule has 106 valence electrons. The molecule has 2 aromatic rings. The van der Waals surface area contributed by atoms with E-state index in [1.165, 1.54) is 0 Å². The van der Waals surface area contributed by atoms with Gasteiger partial charge in [0.15, 0.2) is 0 Å². The summed E-state index contributed by atoms with van der Waals surface area (Å²) < 4.78 is 33.3. The molecule has 20 heavy (non-hydrogen) atoms. The first-order valence-electron chi connectivity index (χ1n) is 5.72. The molecule has 0 aromatic heterocycles. The van der Waals surface area contributed by atoms with Crippen molar-refractivity contribution in [1.29, 1.82) is 0 Å². The summed E-state index contributed by atoms with van der Waals surface area (Å²) in [5.41, 5.74) is 1.03. The molecule has 0 amide bonds. The fourth-order valence-electron chi connectivity index (χ4n) is 1.74. The molecule has 2 rings (SSSR count). The molecule has 0 unspecified atom stereocenters. The van der Waals surface area contributed by atoms with E-state index in [1.54, 1.807) is 7.11 Å². The zero-order valence-electron chi connectivity index (χ0n) is 10.5. The van der Waals surface area contributed by atoms with Gasteiger partial charge < -0.3 is 10.1 Å². The smallest absolute Gasteiger partial charge is 0.147 e. The molecule has 0 atom stereocenters. The Hall–Kier alpha value is -1.14. The molecule has 0 saturated heterocycles. The van der Waals surface area contributed by atoms with Crippen molar-refractivity contribution in [3.63, 3.8) is 0 Å². The summed E-state index contributed by atoms with van der Waals surface area (Å²) in [6.07, 6.45) is 0. The third-order valence-electron chi connectivity index (χ3n) is 2.67. The van der Waals surface area contributed by atoms with E-state index in [-0.39, 0.29) is 5.69 Å². The molecule has 2 nitrogen and oxygen atoms in total. The predicted octanol–water partition coefficient (Wildman–Crippen LogP) is 5.11. The Morgan fingerprint density at radius 1 is 1.10 bits per heavy atom. The van der Waals surface area contributed by atoms with Crippen molar-refractivity contribution in [3.05, 3.63) is 56.5 Å². The molecule has 0 bridgehead atoms. The number of rotatable bonds is 4. The van der Waals surface area contributed by atoms with Gasteiger partial charge >= 0.3 is 0 Å². The van der Waals surface area contributed by atoms with Gasteiger partial charge in [-0.1, -0.05) is 0 Å². The van der Waals surface area contributed by atoms with Gasteiger partial charge in [-0.3, -0.25) is 0 Å². The van der Waals surface area contributed by atoms with Crippen LogP contribution in [0.1, 0.15) is 5.56 Å². The molecule has 0 heterocycles. The van der Waals surface area contributed by atoms with E-state index >= 15 is 0 Å². The molecule has 0 aliphatic heterocycles. The van der Waals surface area contributed by atoms with Crippen molar-refractivity contribution in [1.82, 2.24) is 0 Å². The monoisotopic (exact) mass is 405 g/mol. The highest BCUT2D eigenvalue weighted by Gasteiger charge is 2.09. The molecule has 1 N–H and O–H groups in total. The summed E-state index contributed by atoms with van der Waals surface area (Å²) >= 11 is 6.79. The summed E-state index contributed by atoms with van der Waals surface area (Å²) in [5, 5.41) is 2.86. The lowest BCUT2D eigenvalue weighted by Gasteiger charge is -2.11. The fourth-order valence-corrected chi connectivity index (χ4v) is 3.34. The van der Waals surface area contributed by atoms with Gasteiger partial charge in [0.05, 0.1) is 21.7 Å². The number of halogens is 4. The minimum Gasteiger partial charge on any atom is -0.494 e. The van der Waals surface area contributed by atoms with Crippen LogP contribution in [-0.4, -0.2) is 7.11 Å². The quantitative estimate of drug-likeness (QED) is 0.761. The first kappa shape index (κ1) is 15.3. The second kappa shape index (κ2) is 6.54. The Labute approximate surface area is 132 Å². The van der Waals surface area contributed by atoms with Crippen LogP contribution in [0.3, 0.4) is 0 Å². The number of hydrogen-bond acceptors (Lipinski definition) is 2. The Morgan fingerprint density at radius 2 is 1.75 bits per heavy atom. The lowest BCUT2D eigenvalue weighted by atomic mass is 10.2. The van der Waals surface area contributed by atoms with Gasteiger partial charge in [0.2, 0.25) is 0 Å². The van der Waals surface area contributed by atoms with Crippen LogP contribution in [-0.2, 0) is 6.54 Å². The largest absolute Gasteiger partial charge is 0.494 e. The van der Waals surface area contributed by atoms with Crippen molar-refractivity contribution in [3.8, 4) is 5.75 Å². The molecule has 0 radical (unpaired) electrons. The summed E-state index contributed by atoms with van der Waals surface area (Å²) in [4.78, 5) is 0. The number of benzene rings is 2. The van der Waals surface area contributed by atoms with Crippen LogP contribution < -0.4 is 10.1 Å². The van der Waals surface area contributed by atoms with E-state index in [4.69, 9.17) is 4.74 Å². The number of methoxy groups -OCH3 is 1. The van der Waals surface area contributed by atoms with Crippen molar-refractivity contribution in [2.75, 3.05) is 12.4 Å². The van der Waals surface area contributed by atoms with Crippen LogP contribution in [0, 0.1) is 11.6 Å². The Kier molecular flexibility index (Phi) is 4.99. The van der Waals surface area contributed by atoms with E-state index in [0.717, 1.165) is 32.7 Å². The van der Waals surface area contributed by atoms with E-state index < -0.39 is 11.6 Å². The summed E-state index contributed by atoms with van der Waals surface area (Å²) in [6, 6.07) is 7.02. The van der Waals surface area contributed by atoms with Crippen LogP contribution in [0.5, 0.6) is 5.75 Å². The molecule has 0 saturated carbocycles.